The number of aromatic nitrogens is 2. The summed E-state index contributed by atoms with van der Waals surface area (Å²) in [6, 6.07) is 0.0258. The molecule has 1 aliphatic heterocycles. The van der Waals surface area contributed by atoms with Crippen molar-refractivity contribution in [2.24, 2.45) is 5.73 Å². The highest BCUT2D eigenvalue weighted by molar-refractivity contribution is 5.95. The molecule has 2 fully saturated rings. The van der Waals surface area contributed by atoms with Crippen molar-refractivity contribution in [1.82, 2.24) is 19.6 Å². The number of rotatable bonds is 6. The van der Waals surface area contributed by atoms with Gasteiger partial charge in [-0.15, -0.1) is 0 Å². The minimum atomic E-state index is -0.314. The van der Waals surface area contributed by atoms with Crippen LogP contribution in [0.4, 0.5) is 0 Å². The molecule has 2 amide bonds. The van der Waals surface area contributed by atoms with Crippen LogP contribution in [0.1, 0.15) is 68.0 Å². The summed E-state index contributed by atoms with van der Waals surface area (Å²) in [5, 5.41) is 4.53. The van der Waals surface area contributed by atoms with Gasteiger partial charge in [0, 0.05) is 38.1 Å². The highest BCUT2D eigenvalue weighted by Gasteiger charge is 2.35. The highest BCUT2D eigenvalue weighted by Crippen LogP contribution is 2.43. The van der Waals surface area contributed by atoms with E-state index in [9.17, 15) is 9.59 Å². The number of nitrogens with two attached hydrogens (primary N) is 1. The maximum absolute atomic E-state index is 13.0. The van der Waals surface area contributed by atoms with Gasteiger partial charge in [-0.2, -0.15) is 5.10 Å². The third-order valence-corrected chi connectivity index (χ3v) is 5.60. The standard InChI is InChI=1S/C18H29N5O2/c1-4-12(2)23-16(14-5-6-14)15(11-20-23)18(25)22-9-7-21(8-10-22)13(3)17(19)24/h11-14H,4-10H2,1-3H3,(H2,19,24)/t12-,13-/m1/s1. The van der Waals surface area contributed by atoms with Crippen LogP contribution in [0.2, 0.25) is 0 Å². The van der Waals surface area contributed by atoms with Crippen molar-refractivity contribution in [2.45, 2.75) is 58.0 Å². The Morgan fingerprint density at radius 1 is 1.24 bits per heavy atom. The molecule has 25 heavy (non-hydrogen) atoms. The summed E-state index contributed by atoms with van der Waals surface area (Å²) in [6.45, 7) is 8.70. The van der Waals surface area contributed by atoms with Crippen molar-refractivity contribution >= 4 is 11.8 Å². The second-order valence-corrected chi connectivity index (χ2v) is 7.33. The van der Waals surface area contributed by atoms with Gasteiger partial charge in [0.25, 0.3) is 5.91 Å². The second-order valence-electron chi connectivity index (χ2n) is 7.33. The Labute approximate surface area is 149 Å². The lowest BCUT2D eigenvalue weighted by atomic mass is 10.1. The lowest BCUT2D eigenvalue weighted by Gasteiger charge is -2.37. The quantitative estimate of drug-likeness (QED) is 0.842. The average Bonchev–Trinajstić information content (AvgIpc) is 3.37. The summed E-state index contributed by atoms with van der Waals surface area (Å²) in [7, 11) is 0. The molecule has 2 atom stereocenters. The molecule has 2 N–H and O–H groups in total. The molecule has 3 rings (SSSR count). The van der Waals surface area contributed by atoms with Crippen LogP contribution >= 0.6 is 0 Å². The monoisotopic (exact) mass is 347 g/mol. The first-order valence-corrected chi connectivity index (χ1v) is 9.34. The van der Waals surface area contributed by atoms with Crippen LogP contribution in [0, 0.1) is 0 Å². The maximum atomic E-state index is 13.0. The zero-order valence-electron chi connectivity index (χ0n) is 15.4. The van der Waals surface area contributed by atoms with E-state index in [1.165, 1.54) is 0 Å². The number of carbonyl (C=O) groups is 2. The smallest absolute Gasteiger partial charge is 0.257 e. The Kier molecular flexibility index (Phi) is 5.13. The van der Waals surface area contributed by atoms with Crippen molar-refractivity contribution in [1.29, 1.82) is 0 Å². The van der Waals surface area contributed by atoms with Gasteiger partial charge >= 0.3 is 0 Å². The molecule has 1 aromatic rings. The number of hydrogen-bond acceptors (Lipinski definition) is 4. The minimum Gasteiger partial charge on any atom is -0.368 e. The van der Waals surface area contributed by atoms with Crippen LogP contribution in [-0.2, 0) is 4.79 Å². The van der Waals surface area contributed by atoms with E-state index in [1.54, 1.807) is 6.20 Å². The highest BCUT2D eigenvalue weighted by atomic mass is 16.2. The van der Waals surface area contributed by atoms with Gasteiger partial charge in [-0.25, -0.2) is 0 Å². The molecule has 7 heteroatoms. The van der Waals surface area contributed by atoms with Crippen LogP contribution in [0.25, 0.3) is 0 Å². The second kappa shape index (κ2) is 7.15. The average molecular weight is 347 g/mol. The van der Waals surface area contributed by atoms with E-state index in [0.29, 0.717) is 38.1 Å². The van der Waals surface area contributed by atoms with E-state index in [0.717, 1.165) is 30.5 Å². The van der Waals surface area contributed by atoms with Gasteiger partial charge < -0.3 is 10.6 Å². The van der Waals surface area contributed by atoms with E-state index in [1.807, 2.05) is 16.7 Å². The Bertz CT molecular complexity index is 644. The van der Waals surface area contributed by atoms with Crippen LogP contribution in [0.3, 0.4) is 0 Å². The lowest BCUT2D eigenvalue weighted by molar-refractivity contribution is -0.123. The Hall–Kier alpha value is -1.89. The normalized spacial score (nSPS) is 21.2. The van der Waals surface area contributed by atoms with Crippen molar-refractivity contribution in [2.75, 3.05) is 26.2 Å². The number of piperazine rings is 1. The third-order valence-electron chi connectivity index (χ3n) is 5.60. The summed E-state index contributed by atoms with van der Waals surface area (Å²) in [4.78, 5) is 28.3. The summed E-state index contributed by atoms with van der Waals surface area (Å²) < 4.78 is 2.05. The molecule has 7 nitrogen and oxygen atoms in total. The van der Waals surface area contributed by atoms with Crippen molar-refractivity contribution in [3.8, 4) is 0 Å². The summed E-state index contributed by atoms with van der Waals surface area (Å²) in [5.74, 6) is 0.236. The van der Waals surface area contributed by atoms with Gasteiger partial charge in [-0.05, 0) is 33.1 Å². The number of nitrogens with zero attached hydrogens (tertiary/aromatic N) is 4. The SMILES string of the molecule is CC[C@@H](C)n1ncc(C(=O)N2CCN([C@H](C)C(N)=O)CC2)c1C1CC1. The van der Waals surface area contributed by atoms with Crippen molar-refractivity contribution in [3.05, 3.63) is 17.5 Å². The van der Waals surface area contributed by atoms with E-state index < -0.39 is 0 Å². The first kappa shape index (κ1) is 17.9. The molecule has 0 radical (unpaired) electrons. The van der Waals surface area contributed by atoms with Gasteiger partial charge in [0.1, 0.15) is 0 Å². The molecule has 1 aliphatic carbocycles. The third kappa shape index (κ3) is 3.56. The van der Waals surface area contributed by atoms with Crippen LogP contribution in [0.5, 0.6) is 0 Å². The molecule has 0 aromatic carbocycles. The maximum Gasteiger partial charge on any atom is 0.257 e. The largest absolute Gasteiger partial charge is 0.368 e. The van der Waals surface area contributed by atoms with Crippen LogP contribution < -0.4 is 5.73 Å². The van der Waals surface area contributed by atoms with E-state index in [-0.39, 0.29) is 17.9 Å². The van der Waals surface area contributed by atoms with Gasteiger partial charge in [0.05, 0.1) is 23.5 Å². The molecule has 0 unspecified atom stereocenters. The topological polar surface area (TPSA) is 84.5 Å². The van der Waals surface area contributed by atoms with Crippen molar-refractivity contribution in [3.63, 3.8) is 0 Å². The number of primary amides is 1. The molecule has 0 spiro atoms. The first-order valence-electron chi connectivity index (χ1n) is 9.34. The van der Waals surface area contributed by atoms with Gasteiger partial charge in [-0.1, -0.05) is 6.92 Å². The number of carbonyl (C=O) groups excluding carboxylic acids is 2. The van der Waals surface area contributed by atoms with Crippen LogP contribution in [-0.4, -0.2) is 63.6 Å². The predicted octanol–water partition coefficient (Wildman–Crippen LogP) is 1.36. The fourth-order valence-corrected chi connectivity index (χ4v) is 3.49. The van der Waals surface area contributed by atoms with Gasteiger partial charge in [-0.3, -0.25) is 19.2 Å². The first-order chi connectivity index (χ1) is 11.9. The molecular formula is C18H29N5O2. The lowest BCUT2D eigenvalue weighted by Crippen LogP contribution is -2.54. The Morgan fingerprint density at radius 3 is 2.40 bits per heavy atom. The summed E-state index contributed by atoms with van der Waals surface area (Å²) in [6.07, 6.45) is 5.04. The van der Waals surface area contributed by atoms with Gasteiger partial charge in [0.2, 0.25) is 5.91 Å². The van der Waals surface area contributed by atoms with E-state index >= 15 is 0 Å². The van der Waals surface area contributed by atoms with E-state index in [4.69, 9.17) is 5.73 Å². The zero-order valence-corrected chi connectivity index (χ0v) is 15.4. The molecule has 138 valence electrons. The Balaban J connectivity index is 1.72. The molecule has 2 heterocycles. The molecule has 2 aliphatic rings. The molecule has 1 aromatic heterocycles. The Morgan fingerprint density at radius 2 is 1.88 bits per heavy atom. The fourth-order valence-electron chi connectivity index (χ4n) is 3.49. The number of amides is 2. The molecular weight excluding hydrogens is 318 g/mol. The van der Waals surface area contributed by atoms with E-state index in [2.05, 4.69) is 23.6 Å². The molecule has 0 bridgehead atoms. The fraction of sp³-hybridized carbons (Fsp3) is 0.722. The number of hydrogen-bond donors (Lipinski definition) is 1. The van der Waals surface area contributed by atoms with Crippen LogP contribution in [0.15, 0.2) is 6.20 Å². The summed E-state index contributed by atoms with van der Waals surface area (Å²) >= 11 is 0. The molecule has 1 saturated carbocycles. The molecule has 1 saturated heterocycles. The minimum absolute atomic E-state index is 0.0721. The zero-order chi connectivity index (χ0) is 18.1. The van der Waals surface area contributed by atoms with Gasteiger partial charge in [0.15, 0.2) is 0 Å². The predicted molar refractivity (Wildman–Crippen MR) is 95.3 cm³/mol. The summed E-state index contributed by atoms with van der Waals surface area (Å²) in [5.41, 5.74) is 7.27. The van der Waals surface area contributed by atoms with Crippen molar-refractivity contribution < 1.29 is 9.59 Å².